The Morgan fingerprint density at radius 1 is 1.05 bits per heavy atom. The molecule has 2 rings (SSSR count). The van der Waals surface area contributed by atoms with Gasteiger partial charge in [0.15, 0.2) is 6.61 Å². The maximum Gasteiger partial charge on any atom is 0.262 e. The van der Waals surface area contributed by atoms with Gasteiger partial charge in [-0.1, -0.05) is 15.9 Å². The average molecular weight is 349 g/mol. The molecule has 108 valence electrons. The summed E-state index contributed by atoms with van der Waals surface area (Å²) >= 11 is 3.32. The molecular formula is C15H13BrN2O3. The highest BCUT2D eigenvalue weighted by atomic mass is 79.9. The maximum atomic E-state index is 11.7. The summed E-state index contributed by atoms with van der Waals surface area (Å²) in [6, 6.07) is 13.5. The second-order valence-electron chi connectivity index (χ2n) is 4.23. The van der Waals surface area contributed by atoms with Crippen molar-refractivity contribution in [2.24, 2.45) is 5.73 Å². The Labute approximate surface area is 130 Å². The lowest BCUT2D eigenvalue weighted by Gasteiger charge is -2.08. The molecule has 2 aromatic carbocycles. The number of ether oxygens (including phenoxy) is 1. The first-order valence-corrected chi connectivity index (χ1v) is 6.92. The Morgan fingerprint density at radius 3 is 2.24 bits per heavy atom. The average Bonchev–Trinajstić information content (AvgIpc) is 2.47. The van der Waals surface area contributed by atoms with Gasteiger partial charge in [0.05, 0.1) is 0 Å². The van der Waals surface area contributed by atoms with Gasteiger partial charge in [0, 0.05) is 15.7 Å². The summed E-state index contributed by atoms with van der Waals surface area (Å²) in [5, 5.41) is 2.66. The molecule has 0 saturated carbocycles. The normalized spacial score (nSPS) is 9.95. The minimum atomic E-state index is -0.508. The molecule has 0 atom stereocenters. The summed E-state index contributed by atoms with van der Waals surface area (Å²) in [5.74, 6) is -0.186. The van der Waals surface area contributed by atoms with Gasteiger partial charge in [0.25, 0.3) is 5.91 Å². The molecule has 0 aliphatic carbocycles. The number of halogens is 1. The number of carbonyl (C=O) groups excluding carboxylic acids is 2. The molecule has 5 nitrogen and oxygen atoms in total. The molecule has 0 spiro atoms. The van der Waals surface area contributed by atoms with Crippen LogP contribution in [0.4, 0.5) is 5.69 Å². The van der Waals surface area contributed by atoms with E-state index in [1.807, 2.05) is 12.1 Å². The van der Waals surface area contributed by atoms with Crippen molar-refractivity contribution in [3.63, 3.8) is 0 Å². The third-order valence-electron chi connectivity index (χ3n) is 2.64. The van der Waals surface area contributed by atoms with Crippen LogP contribution in [0.25, 0.3) is 0 Å². The topological polar surface area (TPSA) is 81.4 Å². The number of rotatable bonds is 5. The van der Waals surface area contributed by atoms with Gasteiger partial charge in [0.1, 0.15) is 5.75 Å². The molecule has 0 fully saturated rings. The van der Waals surface area contributed by atoms with Crippen molar-refractivity contribution in [1.29, 1.82) is 0 Å². The summed E-state index contributed by atoms with van der Waals surface area (Å²) in [6.45, 7) is -0.0980. The minimum absolute atomic E-state index is 0.0980. The van der Waals surface area contributed by atoms with Gasteiger partial charge in [-0.15, -0.1) is 0 Å². The summed E-state index contributed by atoms with van der Waals surface area (Å²) in [6.07, 6.45) is 0. The molecule has 0 saturated heterocycles. The van der Waals surface area contributed by atoms with Crippen molar-refractivity contribution in [3.8, 4) is 5.75 Å². The van der Waals surface area contributed by atoms with Crippen LogP contribution in [0.1, 0.15) is 10.4 Å². The van der Waals surface area contributed by atoms with Crippen LogP contribution in [0.15, 0.2) is 53.0 Å². The number of carbonyl (C=O) groups is 2. The van der Waals surface area contributed by atoms with Crippen molar-refractivity contribution < 1.29 is 14.3 Å². The van der Waals surface area contributed by atoms with Crippen molar-refractivity contribution in [1.82, 2.24) is 0 Å². The molecule has 0 aliphatic heterocycles. The molecule has 0 aromatic heterocycles. The van der Waals surface area contributed by atoms with Gasteiger partial charge in [-0.3, -0.25) is 9.59 Å². The second kappa shape index (κ2) is 6.90. The zero-order valence-electron chi connectivity index (χ0n) is 11.0. The van der Waals surface area contributed by atoms with E-state index < -0.39 is 5.91 Å². The quantitative estimate of drug-likeness (QED) is 0.871. The fraction of sp³-hybridized carbons (Fsp3) is 0.0667. The number of anilines is 1. The lowest BCUT2D eigenvalue weighted by Crippen LogP contribution is -2.20. The van der Waals surface area contributed by atoms with Crippen molar-refractivity contribution in [2.45, 2.75) is 0 Å². The van der Waals surface area contributed by atoms with Crippen LogP contribution in [-0.2, 0) is 4.79 Å². The van der Waals surface area contributed by atoms with Gasteiger partial charge < -0.3 is 15.8 Å². The van der Waals surface area contributed by atoms with Crippen LogP contribution < -0.4 is 15.8 Å². The number of hydrogen-bond donors (Lipinski definition) is 2. The van der Waals surface area contributed by atoms with Crippen LogP contribution in [0.3, 0.4) is 0 Å². The van der Waals surface area contributed by atoms with Crippen LogP contribution >= 0.6 is 15.9 Å². The van der Waals surface area contributed by atoms with Crippen molar-refractivity contribution in [2.75, 3.05) is 11.9 Å². The Morgan fingerprint density at radius 2 is 1.67 bits per heavy atom. The highest BCUT2D eigenvalue weighted by molar-refractivity contribution is 9.10. The first kappa shape index (κ1) is 15.1. The van der Waals surface area contributed by atoms with Gasteiger partial charge in [-0.2, -0.15) is 0 Å². The minimum Gasteiger partial charge on any atom is -0.484 e. The van der Waals surface area contributed by atoms with Crippen molar-refractivity contribution in [3.05, 3.63) is 58.6 Å². The number of benzene rings is 2. The third kappa shape index (κ3) is 4.61. The van der Waals surface area contributed by atoms with E-state index in [9.17, 15) is 9.59 Å². The number of hydrogen-bond acceptors (Lipinski definition) is 3. The van der Waals surface area contributed by atoms with E-state index >= 15 is 0 Å². The van der Waals surface area contributed by atoms with Crippen LogP contribution in [0.5, 0.6) is 5.75 Å². The van der Waals surface area contributed by atoms with Gasteiger partial charge in [-0.25, -0.2) is 0 Å². The molecule has 0 aliphatic rings. The van der Waals surface area contributed by atoms with Gasteiger partial charge in [0.2, 0.25) is 5.91 Å². The lowest BCUT2D eigenvalue weighted by molar-refractivity contribution is -0.118. The highest BCUT2D eigenvalue weighted by Gasteiger charge is 2.05. The van der Waals surface area contributed by atoms with Crippen LogP contribution in [0.2, 0.25) is 0 Å². The van der Waals surface area contributed by atoms with E-state index in [2.05, 4.69) is 21.2 Å². The van der Waals surface area contributed by atoms with Crippen LogP contribution in [0, 0.1) is 0 Å². The van der Waals surface area contributed by atoms with Crippen molar-refractivity contribution >= 4 is 33.4 Å². The Bertz CT molecular complexity index is 639. The molecule has 0 unspecified atom stereocenters. The molecule has 2 aromatic rings. The first-order chi connectivity index (χ1) is 10.0. The Balaban J connectivity index is 1.86. The zero-order chi connectivity index (χ0) is 15.2. The number of amides is 2. The Hall–Kier alpha value is -2.34. The maximum absolute atomic E-state index is 11.7. The molecule has 2 amide bonds. The summed E-state index contributed by atoms with van der Waals surface area (Å²) in [4.78, 5) is 22.7. The SMILES string of the molecule is NC(=O)c1ccc(NC(=O)COc2ccc(Br)cc2)cc1. The lowest BCUT2D eigenvalue weighted by atomic mass is 10.2. The fourth-order valence-corrected chi connectivity index (χ4v) is 1.86. The predicted molar refractivity (Wildman–Crippen MR) is 83.2 cm³/mol. The summed E-state index contributed by atoms with van der Waals surface area (Å²) in [5.41, 5.74) is 6.10. The van der Waals surface area contributed by atoms with E-state index in [-0.39, 0.29) is 12.5 Å². The molecular weight excluding hydrogens is 336 g/mol. The van der Waals surface area contributed by atoms with E-state index in [1.54, 1.807) is 36.4 Å². The molecule has 0 radical (unpaired) electrons. The fourth-order valence-electron chi connectivity index (χ4n) is 1.59. The van der Waals surface area contributed by atoms with Crippen LogP contribution in [-0.4, -0.2) is 18.4 Å². The first-order valence-electron chi connectivity index (χ1n) is 6.12. The molecule has 0 bridgehead atoms. The molecule has 21 heavy (non-hydrogen) atoms. The Kier molecular flexibility index (Phi) is 4.94. The van der Waals surface area contributed by atoms with E-state index in [0.29, 0.717) is 17.0 Å². The number of primary amides is 1. The van der Waals surface area contributed by atoms with E-state index in [1.165, 1.54) is 0 Å². The highest BCUT2D eigenvalue weighted by Crippen LogP contribution is 2.16. The summed E-state index contributed by atoms with van der Waals surface area (Å²) in [7, 11) is 0. The van der Waals surface area contributed by atoms with E-state index in [4.69, 9.17) is 10.5 Å². The monoisotopic (exact) mass is 348 g/mol. The standard InChI is InChI=1S/C15H13BrN2O3/c16-11-3-7-13(8-4-11)21-9-14(19)18-12-5-1-10(2-6-12)15(17)20/h1-8H,9H2,(H2,17,20)(H,18,19). The summed E-state index contributed by atoms with van der Waals surface area (Å²) < 4.78 is 6.29. The molecule has 3 N–H and O–H groups in total. The number of nitrogens with one attached hydrogen (secondary N) is 1. The van der Waals surface area contributed by atoms with Gasteiger partial charge >= 0.3 is 0 Å². The number of nitrogens with two attached hydrogens (primary N) is 1. The second-order valence-corrected chi connectivity index (χ2v) is 5.15. The molecule has 0 heterocycles. The van der Waals surface area contributed by atoms with E-state index in [0.717, 1.165) is 4.47 Å². The molecule has 6 heteroatoms. The predicted octanol–water partition coefficient (Wildman–Crippen LogP) is 2.57. The largest absolute Gasteiger partial charge is 0.484 e. The smallest absolute Gasteiger partial charge is 0.262 e. The zero-order valence-corrected chi connectivity index (χ0v) is 12.6. The third-order valence-corrected chi connectivity index (χ3v) is 3.17. The van der Waals surface area contributed by atoms with Gasteiger partial charge in [-0.05, 0) is 48.5 Å².